The van der Waals surface area contributed by atoms with Crippen LogP contribution in [0.2, 0.25) is 5.02 Å². The van der Waals surface area contributed by atoms with Crippen molar-refractivity contribution >= 4 is 17.3 Å². The fourth-order valence-electron chi connectivity index (χ4n) is 1.74. The summed E-state index contributed by atoms with van der Waals surface area (Å²) in [5.41, 5.74) is -0.166. The first-order valence-corrected chi connectivity index (χ1v) is 5.73. The molecule has 1 aliphatic rings. The van der Waals surface area contributed by atoms with Crippen LogP contribution in [0.25, 0.3) is 0 Å². The van der Waals surface area contributed by atoms with Crippen molar-refractivity contribution in [3.05, 3.63) is 33.3 Å². The van der Waals surface area contributed by atoms with Gasteiger partial charge in [-0.2, -0.15) is 0 Å². The van der Waals surface area contributed by atoms with Crippen LogP contribution in [0.3, 0.4) is 0 Å². The van der Waals surface area contributed by atoms with Gasteiger partial charge in [-0.05, 0) is 12.1 Å². The Kier molecular flexibility index (Phi) is 3.81. The SMILES string of the molecule is O=[N+]([O-])c1c(Cl)cccc1OC1CCOCC1. The molecule has 0 atom stereocenters. The number of para-hydroxylation sites is 1. The van der Waals surface area contributed by atoms with E-state index in [9.17, 15) is 10.1 Å². The molecule has 0 saturated carbocycles. The molecular weight excluding hydrogens is 246 g/mol. The third-order valence-corrected chi connectivity index (χ3v) is 2.90. The Morgan fingerprint density at radius 3 is 2.76 bits per heavy atom. The number of ether oxygens (including phenoxy) is 2. The van der Waals surface area contributed by atoms with Gasteiger partial charge in [0.05, 0.1) is 18.1 Å². The van der Waals surface area contributed by atoms with Crippen molar-refractivity contribution in [3.63, 3.8) is 0 Å². The van der Waals surface area contributed by atoms with E-state index in [0.29, 0.717) is 13.2 Å². The number of hydrogen-bond donors (Lipinski definition) is 0. The molecule has 5 nitrogen and oxygen atoms in total. The molecule has 0 aromatic heterocycles. The van der Waals surface area contributed by atoms with Crippen LogP contribution in [0.1, 0.15) is 12.8 Å². The van der Waals surface area contributed by atoms with Gasteiger partial charge < -0.3 is 9.47 Å². The first kappa shape index (κ1) is 12.1. The van der Waals surface area contributed by atoms with Gasteiger partial charge in [0.1, 0.15) is 11.1 Å². The van der Waals surface area contributed by atoms with Gasteiger partial charge in [-0.3, -0.25) is 10.1 Å². The van der Waals surface area contributed by atoms with Crippen molar-refractivity contribution < 1.29 is 14.4 Å². The number of nitro benzene ring substituents is 1. The second-order valence-electron chi connectivity index (χ2n) is 3.77. The van der Waals surface area contributed by atoms with E-state index < -0.39 is 4.92 Å². The number of benzene rings is 1. The van der Waals surface area contributed by atoms with Crippen molar-refractivity contribution in [1.29, 1.82) is 0 Å². The zero-order valence-corrected chi connectivity index (χ0v) is 9.85. The van der Waals surface area contributed by atoms with Crippen molar-refractivity contribution in [2.45, 2.75) is 18.9 Å². The molecule has 1 aromatic rings. The lowest BCUT2D eigenvalue weighted by molar-refractivity contribution is -0.386. The number of hydrogen-bond acceptors (Lipinski definition) is 4. The van der Waals surface area contributed by atoms with Crippen molar-refractivity contribution in [1.82, 2.24) is 0 Å². The third kappa shape index (κ3) is 2.87. The summed E-state index contributed by atoms with van der Waals surface area (Å²) < 4.78 is 10.8. The molecule has 2 rings (SSSR count). The molecule has 1 aliphatic heterocycles. The van der Waals surface area contributed by atoms with Crippen molar-refractivity contribution in [3.8, 4) is 5.75 Å². The lowest BCUT2D eigenvalue weighted by atomic mass is 10.1. The van der Waals surface area contributed by atoms with Gasteiger partial charge >= 0.3 is 5.69 Å². The highest BCUT2D eigenvalue weighted by molar-refractivity contribution is 6.32. The summed E-state index contributed by atoms with van der Waals surface area (Å²) in [5, 5.41) is 11.0. The average Bonchev–Trinajstić information content (AvgIpc) is 2.30. The maximum absolute atomic E-state index is 10.9. The number of rotatable bonds is 3. The number of nitrogens with zero attached hydrogens (tertiary/aromatic N) is 1. The van der Waals surface area contributed by atoms with E-state index in [-0.39, 0.29) is 22.6 Å². The van der Waals surface area contributed by atoms with E-state index in [1.54, 1.807) is 12.1 Å². The molecule has 6 heteroatoms. The van der Waals surface area contributed by atoms with Crippen LogP contribution < -0.4 is 4.74 Å². The molecule has 1 aromatic carbocycles. The number of halogens is 1. The monoisotopic (exact) mass is 257 g/mol. The smallest absolute Gasteiger partial charge is 0.329 e. The normalized spacial score (nSPS) is 16.8. The maximum atomic E-state index is 10.9. The van der Waals surface area contributed by atoms with E-state index in [0.717, 1.165) is 12.8 Å². The minimum absolute atomic E-state index is 0.0408. The standard InChI is InChI=1S/C11H12ClNO4/c12-9-2-1-3-10(11(9)13(14)15)17-8-4-6-16-7-5-8/h1-3,8H,4-7H2. The zero-order valence-electron chi connectivity index (χ0n) is 9.10. The fourth-order valence-corrected chi connectivity index (χ4v) is 1.98. The second kappa shape index (κ2) is 5.33. The van der Waals surface area contributed by atoms with Gasteiger partial charge in [0.25, 0.3) is 0 Å². The van der Waals surface area contributed by atoms with Gasteiger partial charge in [-0.1, -0.05) is 17.7 Å². The first-order chi connectivity index (χ1) is 8.18. The van der Waals surface area contributed by atoms with Gasteiger partial charge in [-0.25, -0.2) is 0 Å². The van der Waals surface area contributed by atoms with Crippen LogP contribution >= 0.6 is 11.6 Å². The predicted octanol–water partition coefficient (Wildman–Crippen LogP) is 2.81. The van der Waals surface area contributed by atoms with E-state index in [4.69, 9.17) is 21.1 Å². The minimum atomic E-state index is -0.517. The molecule has 17 heavy (non-hydrogen) atoms. The molecule has 0 amide bonds. The summed E-state index contributed by atoms with van der Waals surface area (Å²) in [5.74, 6) is 0.231. The van der Waals surface area contributed by atoms with Crippen LogP contribution in [-0.2, 0) is 4.74 Å². The summed E-state index contributed by atoms with van der Waals surface area (Å²) in [4.78, 5) is 10.4. The largest absolute Gasteiger partial charge is 0.483 e. The summed E-state index contributed by atoms with van der Waals surface area (Å²) in [6.45, 7) is 1.25. The molecule has 0 radical (unpaired) electrons. The maximum Gasteiger partial charge on any atom is 0.329 e. The molecular formula is C11H12ClNO4. The third-order valence-electron chi connectivity index (χ3n) is 2.59. The van der Waals surface area contributed by atoms with Gasteiger partial charge in [-0.15, -0.1) is 0 Å². The van der Waals surface area contributed by atoms with E-state index in [2.05, 4.69) is 0 Å². The highest BCUT2D eigenvalue weighted by Crippen LogP contribution is 2.35. The molecule has 0 bridgehead atoms. The Hall–Kier alpha value is -1.33. The zero-order chi connectivity index (χ0) is 12.3. The van der Waals surface area contributed by atoms with Gasteiger partial charge in [0.15, 0.2) is 5.75 Å². The summed E-state index contributed by atoms with van der Waals surface area (Å²) in [6.07, 6.45) is 1.44. The molecule has 0 aliphatic carbocycles. The van der Waals surface area contributed by atoms with Gasteiger partial charge in [0, 0.05) is 12.8 Å². The Bertz CT molecular complexity index is 418. The topological polar surface area (TPSA) is 61.6 Å². The van der Waals surface area contributed by atoms with Crippen LogP contribution in [0.5, 0.6) is 5.75 Å². The van der Waals surface area contributed by atoms with E-state index in [1.165, 1.54) is 6.07 Å². The Balaban J connectivity index is 2.19. The molecule has 92 valence electrons. The molecule has 0 spiro atoms. The predicted molar refractivity (Wildman–Crippen MR) is 62.6 cm³/mol. The Morgan fingerprint density at radius 2 is 2.12 bits per heavy atom. The lowest BCUT2D eigenvalue weighted by Gasteiger charge is -2.23. The quantitative estimate of drug-likeness (QED) is 0.617. The van der Waals surface area contributed by atoms with Crippen molar-refractivity contribution in [2.24, 2.45) is 0 Å². The molecule has 0 N–H and O–H groups in total. The van der Waals surface area contributed by atoms with E-state index in [1.807, 2.05) is 0 Å². The molecule has 1 fully saturated rings. The molecule has 1 saturated heterocycles. The molecule has 0 unspecified atom stereocenters. The Labute approximate surface area is 103 Å². The highest BCUT2D eigenvalue weighted by Gasteiger charge is 2.23. The van der Waals surface area contributed by atoms with Crippen LogP contribution in [0.4, 0.5) is 5.69 Å². The van der Waals surface area contributed by atoms with E-state index >= 15 is 0 Å². The van der Waals surface area contributed by atoms with Crippen molar-refractivity contribution in [2.75, 3.05) is 13.2 Å². The molecule has 1 heterocycles. The minimum Gasteiger partial charge on any atom is -0.483 e. The Morgan fingerprint density at radius 1 is 1.41 bits per heavy atom. The van der Waals surface area contributed by atoms with Crippen LogP contribution in [0.15, 0.2) is 18.2 Å². The lowest BCUT2D eigenvalue weighted by Crippen LogP contribution is -2.26. The number of nitro groups is 1. The summed E-state index contributed by atoms with van der Waals surface area (Å²) in [7, 11) is 0. The average molecular weight is 258 g/mol. The van der Waals surface area contributed by atoms with Crippen LogP contribution in [0, 0.1) is 10.1 Å². The van der Waals surface area contributed by atoms with Crippen LogP contribution in [-0.4, -0.2) is 24.2 Å². The summed E-state index contributed by atoms with van der Waals surface area (Å²) >= 11 is 5.80. The second-order valence-corrected chi connectivity index (χ2v) is 4.18. The highest BCUT2D eigenvalue weighted by atomic mass is 35.5. The summed E-state index contributed by atoms with van der Waals surface area (Å²) in [6, 6.07) is 4.69. The first-order valence-electron chi connectivity index (χ1n) is 5.36. The fraction of sp³-hybridized carbons (Fsp3) is 0.455. The van der Waals surface area contributed by atoms with Gasteiger partial charge in [0.2, 0.25) is 0 Å².